The van der Waals surface area contributed by atoms with Crippen LogP contribution in [0.3, 0.4) is 0 Å². The maximum absolute atomic E-state index is 13.3. The summed E-state index contributed by atoms with van der Waals surface area (Å²) in [6.07, 6.45) is 1.56. The lowest BCUT2D eigenvalue weighted by Crippen LogP contribution is -2.49. The van der Waals surface area contributed by atoms with Gasteiger partial charge < -0.3 is 35.3 Å². The first-order chi connectivity index (χ1) is 22.6. The standard InChI is InChI=1S/C34H35N5O8/c1-20(2)15-27(33(43)38-26(17-31(41)42)22-7-12-28-29(16-22)47-19-46-28)37-30(40)18-45-24-10-8-23(9-11-24)36-34(44)39-32-25-6-4-3-5-21(25)13-14-35-32/h3-14,16,20,26-27H,15,17-19H2,1-2H3,(H,37,40)(H,38,43)(H,41,42)(H2,35,36,39,44). The summed E-state index contributed by atoms with van der Waals surface area (Å²) in [4.78, 5) is 54.6. The molecule has 2 heterocycles. The molecule has 1 aliphatic rings. The van der Waals surface area contributed by atoms with Crippen LogP contribution >= 0.6 is 0 Å². The van der Waals surface area contributed by atoms with Gasteiger partial charge >= 0.3 is 12.0 Å². The number of carbonyl (C=O) groups excluding carboxylic acids is 3. The Bertz CT molecular complexity index is 1760. The summed E-state index contributed by atoms with van der Waals surface area (Å²) in [7, 11) is 0. The van der Waals surface area contributed by atoms with E-state index in [0.29, 0.717) is 40.7 Å². The van der Waals surface area contributed by atoms with E-state index < -0.39 is 35.9 Å². The number of fused-ring (bicyclic) bond motifs is 2. The second-order valence-corrected chi connectivity index (χ2v) is 11.3. The number of urea groups is 1. The lowest BCUT2D eigenvalue weighted by Gasteiger charge is -2.24. The van der Waals surface area contributed by atoms with Crippen LogP contribution in [-0.4, -0.2) is 53.3 Å². The number of pyridine rings is 1. The van der Waals surface area contributed by atoms with E-state index >= 15 is 0 Å². The Hall–Kier alpha value is -5.85. The highest BCUT2D eigenvalue weighted by atomic mass is 16.7. The van der Waals surface area contributed by atoms with Gasteiger partial charge in [0.05, 0.1) is 12.5 Å². The van der Waals surface area contributed by atoms with Gasteiger partial charge in [-0.15, -0.1) is 0 Å². The van der Waals surface area contributed by atoms with Gasteiger partial charge in [0.2, 0.25) is 12.7 Å². The molecule has 3 aromatic carbocycles. The molecule has 5 N–H and O–H groups in total. The fourth-order valence-electron chi connectivity index (χ4n) is 5.04. The Balaban J connectivity index is 1.14. The Morgan fingerprint density at radius 3 is 2.45 bits per heavy atom. The van der Waals surface area contributed by atoms with Crippen molar-refractivity contribution in [2.24, 2.45) is 5.92 Å². The number of anilines is 2. The van der Waals surface area contributed by atoms with E-state index in [4.69, 9.17) is 14.2 Å². The van der Waals surface area contributed by atoms with Gasteiger partial charge in [0.15, 0.2) is 18.1 Å². The Kier molecular flexibility index (Phi) is 10.4. The first-order valence-electron chi connectivity index (χ1n) is 15.0. The van der Waals surface area contributed by atoms with E-state index in [1.54, 1.807) is 48.7 Å². The molecular weight excluding hydrogens is 606 g/mol. The fraction of sp³-hybridized carbons (Fsp3) is 0.265. The normalized spacial score (nSPS) is 13.0. The Morgan fingerprint density at radius 1 is 0.915 bits per heavy atom. The summed E-state index contributed by atoms with van der Waals surface area (Å²) < 4.78 is 16.3. The highest BCUT2D eigenvalue weighted by Crippen LogP contribution is 2.35. The number of aliphatic carboxylic acids is 1. The van der Waals surface area contributed by atoms with Crippen LogP contribution in [-0.2, 0) is 14.4 Å². The summed E-state index contributed by atoms with van der Waals surface area (Å²) in [5.74, 6) is -0.321. The molecule has 0 aliphatic carbocycles. The largest absolute Gasteiger partial charge is 0.484 e. The number of aromatic nitrogens is 1. The van der Waals surface area contributed by atoms with E-state index in [2.05, 4.69) is 26.3 Å². The third-order valence-corrected chi connectivity index (χ3v) is 7.24. The fourth-order valence-corrected chi connectivity index (χ4v) is 5.04. The molecule has 0 saturated carbocycles. The minimum absolute atomic E-state index is 0.0454. The van der Waals surface area contributed by atoms with Crippen LogP contribution in [0.4, 0.5) is 16.3 Å². The first kappa shape index (κ1) is 32.5. The summed E-state index contributed by atoms with van der Waals surface area (Å²) >= 11 is 0. The van der Waals surface area contributed by atoms with Gasteiger partial charge in [-0.1, -0.05) is 44.2 Å². The van der Waals surface area contributed by atoms with Crippen molar-refractivity contribution < 1.29 is 38.5 Å². The lowest BCUT2D eigenvalue weighted by molar-refractivity contribution is -0.138. The van der Waals surface area contributed by atoms with Crippen molar-refractivity contribution in [3.8, 4) is 17.2 Å². The topological polar surface area (TPSA) is 177 Å². The zero-order valence-corrected chi connectivity index (χ0v) is 25.8. The molecule has 4 amide bonds. The number of benzene rings is 3. The predicted octanol–water partition coefficient (Wildman–Crippen LogP) is 4.85. The molecule has 1 aromatic heterocycles. The summed E-state index contributed by atoms with van der Waals surface area (Å²) in [5, 5.41) is 22.2. The van der Waals surface area contributed by atoms with Crippen LogP contribution in [0, 0.1) is 5.92 Å². The van der Waals surface area contributed by atoms with Gasteiger partial charge in [0, 0.05) is 17.3 Å². The summed E-state index contributed by atoms with van der Waals surface area (Å²) in [6.45, 7) is 3.50. The van der Waals surface area contributed by atoms with E-state index in [-0.39, 0.29) is 25.7 Å². The molecule has 1 aliphatic heterocycles. The van der Waals surface area contributed by atoms with Crippen molar-refractivity contribution in [2.45, 2.75) is 38.8 Å². The number of hydrogen-bond donors (Lipinski definition) is 5. The van der Waals surface area contributed by atoms with Gasteiger partial charge in [-0.3, -0.25) is 19.7 Å². The quantitative estimate of drug-likeness (QED) is 0.137. The van der Waals surface area contributed by atoms with E-state index in [1.807, 2.05) is 44.2 Å². The van der Waals surface area contributed by atoms with Crippen molar-refractivity contribution in [1.82, 2.24) is 15.6 Å². The third kappa shape index (κ3) is 8.87. The minimum atomic E-state index is -1.10. The maximum Gasteiger partial charge on any atom is 0.324 e. The second kappa shape index (κ2) is 15.0. The molecule has 4 aromatic rings. The zero-order valence-electron chi connectivity index (χ0n) is 25.8. The number of ether oxygens (including phenoxy) is 3. The molecule has 2 unspecified atom stereocenters. The lowest BCUT2D eigenvalue weighted by atomic mass is 10.00. The smallest absolute Gasteiger partial charge is 0.324 e. The van der Waals surface area contributed by atoms with Crippen molar-refractivity contribution >= 4 is 46.1 Å². The molecule has 0 radical (unpaired) electrons. The molecule has 2 atom stereocenters. The van der Waals surface area contributed by atoms with Gasteiger partial charge in [0.25, 0.3) is 5.91 Å². The number of carboxylic acid groups (broad SMARTS) is 1. The minimum Gasteiger partial charge on any atom is -0.484 e. The molecule has 0 fully saturated rings. The summed E-state index contributed by atoms with van der Waals surface area (Å²) in [5.41, 5.74) is 1.02. The average molecular weight is 642 g/mol. The van der Waals surface area contributed by atoms with Crippen LogP contribution in [0.25, 0.3) is 10.8 Å². The van der Waals surface area contributed by atoms with Crippen molar-refractivity contribution in [1.29, 1.82) is 0 Å². The highest BCUT2D eigenvalue weighted by molar-refractivity contribution is 6.04. The van der Waals surface area contributed by atoms with Gasteiger partial charge in [-0.05, 0) is 65.8 Å². The molecule has 0 bridgehead atoms. The first-order valence-corrected chi connectivity index (χ1v) is 15.0. The molecule has 5 rings (SSSR count). The summed E-state index contributed by atoms with van der Waals surface area (Å²) in [6, 6.07) is 18.6. The van der Waals surface area contributed by atoms with Crippen molar-refractivity contribution in [3.63, 3.8) is 0 Å². The number of rotatable bonds is 13. The average Bonchev–Trinajstić information content (AvgIpc) is 3.52. The Morgan fingerprint density at radius 2 is 1.68 bits per heavy atom. The van der Waals surface area contributed by atoms with Crippen molar-refractivity contribution in [2.75, 3.05) is 24.0 Å². The van der Waals surface area contributed by atoms with Gasteiger partial charge in [-0.25, -0.2) is 9.78 Å². The predicted molar refractivity (Wildman–Crippen MR) is 173 cm³/mol. The van der Waals surface area contributed by atoms with E-state index in [9.17, 15) is 24.3 Å². The number of nitrogens with zero attached hydrogens (tertiary/aromatic N) is 1. The SMILES string of the molecule is CC(C)CC(NC(=O)COc1ccc(NC(=O)Nc2nccc3ccccc23)cc1)C(=O)NC(CC(=O)O)c1ccc2c(c1)OCO2. The van der Waals surface area contributed by atoms with Crippen LogP contribution in [0.2, 0.25) is 0 Å². The second-order valence-electron chi connectivity index (χ2n) is 11.3. The van der Waals surface area contributed by atoms with Crippen LogP contribution in [0.1, 0.15) is 38.3 Å². The number of carboxylic acids is 1. The van der Waals surface area contributed by atoms with Crippen LogP contribution in [0.15, 0.2) is 79.0 Å². The molecule has 0 saturated heterocycles. The molecule has 13 heteroatoms. The molecule has 244 valence electrons. The van der Waals surface area contributed by atoms with Crippen molar-refractivity contribution in [3.05, 3.63) is 84.6 Å². The number of nitrogens with one attached hydrogen (secondary N) is 4. The van der Waals surface area contributed by atoms with E-state index in [0.717, 1.165) is 10.8 Å². The van der Waals surface area contributed by atoms with E-state index in [1.165, 1.54) is 0 Å². The van der Waals surface area contributed by atoms with Crippen LogP contribution < -0.4 is 35.5 Å². The molecule has 47 heavy (non-hydrogen) atoms. The number of amides is 4. The molecular formula is C34H35N5O8. The number of hydrogen-bond acceptors (Lipinski definition) is 8. The number of carbonyl (C=O) groups is 4. The zero-order chi connectivity index (χ0) is 33.3. The Labute approximate surface area is 270 Å². The molecule has 0 spiro atoms. The highest BCUT2D eigenvalue weighted by Gasteiger charge is 2.27. The molecule has 13 nitrogen and oxygen atoms in total. The maximum atomic E-state index is 13.3. The van der Waals surface area contributed by atoms with Gasteiger partial charge in [-0.2, -0.15) is 0 Å². The van der Waals surface area contributed by atoms with Crippen LogP contribution in [0.5, 0.6) is 17.2 Å². The van der Waals surface area contributed by atoms with Gasteiger partial charge in [0.1, 0.15) is 17.6 Å². The third-order valence-electron chi connectivity index (χ3n) is 7.24. The monoisotopic (exact) mass is 641 g/mol.